The third-order valence-electron chi connectivity index (χ3n) is 4.34. The first-order valence-electron chi connectivity index (χ1n) is 7.34. The predicted molar refractivity (Wildman–Crippen MR) is 83.6 cm³/mol. The van der Waals surface area contributed by atoms with Gasteiger partial charge in [0.1, 0.15) is 11.6 Å². The first kappa shape index (κ1) is 16.1. The van der Waals surface area contributed by atoms with E-state index in [-0.39, 0.29) is 22.7 Å². The minimum atomic E-state index is -3.71. The molecule has 6 heteroatoms. The third kappa shape index (κ3) is 3.28. The van der Waals surface area contributed by atoms with Crippen molar-refractivity contribution in [2.75, 3.05) is 6.54 Å². The van der Waals surface area contributed by atoms with Crippen molar-refractivity contribution in [2.24, 2.45) is 0 Å². The van der Waals surface area contributed by atoms with Crippen molar-refractivity contribution in [1.82, 2.24) is 4.72 Å². The van der Waals surface area contributed by atoms with Gasteiger partial charge in [-0.2, -0.15) is 0 Å². The van der Waals surface area contributed by atoms with Gasteiger partial charge in [-0.25, -0.2) is 21.9 Å². The lowest BCUT2D eigenvalue weighted by Gasteiger charge is -2.17. The number of aryl methyl sites for hydroxylation is 1. The highest BCUT2D eigenvalue weighted by Crippen LogP contribution is 2.47. The summed E-state index contributed by atoms with van der Waals surface area (Å²) in [6.45, 7) is 1.81. The molecule has 0 radical (unpaired) electrons. The summed E-state index contributed by atoms with van der Waals surface area (Å²) >= 11 is 0. The molecule has 23 heavy (non-hydrogen) atoms. The first-order valence-corrected chi connectivity index (χ1v) is 8.83. The van der Waals surface area contributed by atoms with E-state index in [9.17, 15) is 17.2 Å². The van der Waals surface area contributed by atoms with Crippen LogP contribution in [-0.2, 0) is 15.4 Å². The molecule has 0 heterocycles. The maximum absolute atomic E-state index is 13.1. The fraction of sp³-hybridized carbons (Fsp3) is 0.294. The lowest BCUT2D eigenvalue weighted by atomic mass is 9.96. The summed E-state index contributed by atoms with van der Waals surface area (Å²) in [5.74, 6) is -0.779. The molecule has 122 valence electrons. The van der Waals surface area contributed by atoms with Crippen LogP contribution in [0.1, 0.15) is 24.0 Å². The molecule has 2 aromatic carbocycles. The minimum Gasteiger partial charge on any atom is -0.210 e. The third-order valence-corrected chi connectivity index (χ3v) is 5.90. The minimum absolute atomic E-state index is 0.0776. The largest absolute Gasteiger partial charge is 0.240 e. The molecule has 0 atom stereocenters. The fourth-order valence-corrected chi connectivity index (χ4v) is 4.10. The topological polar surface area (TPSA) is 46.2 Å². The van der Waals surface area contributed by atoms with Gasteiger partial charge in [-0.1, -0.05) is 12.1 Å². The zero-order valence-electron chi connectivity index (χ0n) is 12.6. The molecule has 1 N–H and O–H groups in total. The fourth-order valence-electron chi connectivity index (χ4n) is 2.75. The maximum Gasteiger partial charge on any atom is 0.240 e. The number of halogens is 2. The van der Waals surface area contributed by atoms with Gasteiger partial charge >= 0.3 is 0 Å². The molecule has 0 spiro atoms. The van der Waals surface area contributed by atoms with E-state index in [4.69, 9.17) is 0 Å². The molecule has 1 aliphatic carbocycles. The number of hydrogen-bond acceptors (Lipinski definition) is 2. The van der Waals surface area contributed by atoms with Crippen molar-refractivity contribution < 1.29 is 17.2 Å². The Labute approximate surface area is 134 Å². The Morgan fingerprint density at radius 1 is 1.04 bits per heavy atom. The van der Waals surface area contributed by atoms with Crippen LogP contribution in [0.25, 0.3) is 0 Å². The van der Waals surface area contributed by atoms with E-state index in [1.807, 2.05) is 0 Å². The van der Waals surface area contributed by atoms with Crippen LogP contribution >= 0.6 is 0 Å². The SMILES string of the molecule is Cc1cc(F)ccc1S(=O)(=O)NCC1(c2ccc(F)cc2)CC1. The molecule has 0 amide bonds. The molecular formula is C17H17F2NO2S. The van der Waals surface area contributed by atoms with Crippen molar-refractivity contribution in [3.05, 3.63) is 65.2 Å². The summed E-state index contributed by atoms with van der Waals surface area (Å²) in [7, 11) is -3.71. The molecule has 0 unspecified atom stereocenters. The average molecular weight is 337 g/mol. The lowest BCUT2D eigenvalue weighted by molar-refractivity contribution is 0.564. The Balaban J connectivity index is 1.78. The number of nitrogens with one attached hydrogen (secondary N) is 1. The quantitative estimate of drug-likeness (QED) is 0.910. The van der Waals surface area contributed by atoms with Gasteiger partial charge in [0.25, 0.3) is 0 Å². The Kier molecular flexibility index (Phi) is 3.98. The number of hydrogen-bond donors (Lipinski definition) is 1. The summed E-state index contributed by atoms with van der Waals surface area (Å²) < 4.78 is 53.6. The van der Waals surface area contributed by atoms with E-state index in [0.717, 1.165) is 24.5 Å². The number of sulfonamides is 1. The summed E-state index contributed by atoms with van der Waals surface area (Å²) in [5.41, 5.74) is 1.02. The summed E-state index contributed by atoms with van der Waals surface area (Å²) in [4.78, 5) is 0.0776. The summed E-state index contributed by atoms with van der Waals surface area (Å²) in [6, 6.07) is 9.75. The van der Waals surface area contributed by atoms with Gasteiger partial charge in [0, 0.05) is 12.0 Å². The van der Waals surface area contributed by atoms with Gasteiger partial charge in [0.2, 0.25) is 10.0 Å². The van der Waals surface area contributed by atoms with Gasteiger partial charge in [0.15, 0.2) is 0 Å². The van der Waals surface area contributed by atoms with Crippen molar-refractivity contribution in [1.29, 1.82) is 0 Å². The van der Waals surface area contributed by atoms with E-state index in [0.29, 0.717) is 5.56 Å². The van der Waals surface area contributed by atoms with Gasteiger partial charge in [0.05, 0.1) is 4.90 Å². The van der Waals surface area contributed by atoms with Crippen LogP contribution < -0.4 is 4.72 Å². The average Bonchev–Trinajstić information content (AvgIpc) is 3.27. The molecule has 1 aliphatic rings. The van der Waals surface area contributed by atoms with Crippen molar-refractivity contribution in [2.45, 2.75) is 30.1 Å². The van der Waals surface area contributed by atoms with Crippen LogP contribution in [0.2, 0.25) is 0 Å². The van der Waals surface area contributed by atoms with Crippen molar-refractivity contribution >= 4 is 10.0 Å². The molecule has 1 fully saturated rings. The lowest BCUT2D eigenvalue weighted by Crippen LogP contribution is -2.32. The molecule has 0 aliphatic heterocycles. The van der Waals surface area contributed by atoms with Crippen LogP contribution in [0.3, 0.4) is 0 Å². The van der Waals surface area contributed by atoms with Crippen LogP contribution in [0, 0.1) is 18.6 Å². The predicted octanol–water partition coefficient (Wildman–Crippen LogP) is 3.28. The second-order valence-corrected chi connectivity index (χ2v) is 7.76. The van der Waals surface area contributed by atoms with Gasteiger partial charge < -0.3 is 0 Å². The highest BCUT2D eigenvalue weighted by molar-refractivity contribution is 7.89. The highest BCUT2D eigenvalue weighted by Gasteiger charge is 2.44. The summed E-state index contributed by atoms with van der Waals surface area (Å²) in [5, 5.41) is 0. The standard InChI is InChI=1S/C17H17F2NO2S/c1-12-10-15(19)6-7-16(12)23(21,22)20-11-17(8-9-17)13-2-4-14(18)5-3-13/h2-7,10,20H,8-9,11H2,1H3. The second kappa shape index (κ2) is 5.69. The second-order valence-electron chi connectivity index (χ2n) is 6.02. The molecule has 0 bridgehead atoms. The van der Waals surface area contributed by atoms with E-state index in [1.54, 1.807) is 19.1 Å². The van der Waals surface area contributed by atoms with E-state index >= 15 is 0 Å². The van der Waals surface area contributed by atoms with Crippen LogP contribution in [0.4, 0.5) is 8.78 Å². The maximum atomic E-state index is 13.1. The molecule has 1 saturated carbocycles. The zero-order valence-corrected chi connectivity index (χ0v) is 13.5. The number of rotatable bonds is 5. The highest BCUT2D eigenvalue weighted by atomic mass is 32.2. The molecule has 3 nitrogen and oxygen atoms in total. The van der Waals surface area contributed by atoms with Crippen molar-refractivity contribution in [3.63, 3.8) is 0 Å². The van der Waals surface area contributed by atoms with E-state index in [2.05, 4.69) is 4.72 Å². The smallest absolute Gasteiger partial charge is 0.210 e. The Morgan fingerprint density at radius 3 is 2.22 bits per heavy atom. The van der Waals surface area contributed by atoms with E-state index < -0.39 is 15.8 Å². The van der Waals surface area contributed by atoms with Gasteiger partial charge in [-0.05, 0) is 61.2 Å². The van der Waals surface area contributed by atoms with E-state index in [1.165, 1.54) is 24.3 Å². The molecule has 3 rings (SSSR count). The van der Waals surface area contributed by atoms with Crippen LogP contribution in [0.5, 0.6) is 0 Å². The molecule has 0 saturated heterocycles. The van der Waals surface area contributed by atoms with Crippen molar-refractivity contribution in [3.8, 4) is 0 Å². The van der Waals surface area contributed by atoms with Crippen LogP contribution in [0.15, 0.2) is 47.4 Å². The number of benzene rings is 2. The Morgan fingerprint density at radius 2 is 1.65 bits per heavy atom. The Bertz CT molecular complexity index is 828. The molecule has 0 aromatic heterocycles. The first-order chi connectivity index (χ1) is 10.8. The Hall–Kier alpha value is -1.79. The van der Waals surface area contributed by atoms with Gasteiger partial charge in [-0.15, -0.1) is 0 Å². The monoisotopic (exact) mass is 337 g/mol. The molecular weight excluding hydrogens is 320 g/mol. The van der Waals surface area contributed by atoms with Crippen LogP contribution in [-0.4, -0.2) is 15.0 Å². The normalized spacial score (nSPS) is 16.3. The summed E-state index contributed by atoms with van der Waals surface area (Å²) in [6.07, 6.45) is 1.70. The van der Waals surface area contributed by atoms with Gasteiger partial charge in [-0.3, -0.25) is 0 Å². The molecule has 2 aromatic rings. The zero-order chi connectivity index (χ0) is 16.7.